The number of nitrogens with zero attached hydrogens (tertiary/aromatic N) is 3. The molecule has 1 aliphatic rings. The van der Waals surface area contributed by atoms with Crippen molar-refractivity contribution in [3.8, 4) is 11.8 Å². The standard InChI is InChI=1S/C24H22Cl3N3O3/c1-14(33-22-6-4-17(25)11-29-22)18-12-30(24(31)16-7-8-28-23(10-16)32-2)13-19(18)15-3-5-20(26)21(27)9-15/h3-11,14,18-19H,12-13H2,1-2H3/t14-,18-,19+/m0/s1. The van der Waals surface area contributed by atoms with Crippen molar-refractivity contribution in [3.05, 3.63) is 81.1 Å². The number of halogens is 3. The van der Waals surface area contributed by atoms with E-state index in [-0.39, 0.29) is 23.8 Å². The number of methoxy groups -OCH3 is 1. The number of likely N-dealkylation sites (tertiary alicyclic amines) is 1. The van der Waals surface area contributed by atoms with E-state index >= 15 is 0 Å². The second-order valence-corrected chi connectivity index (χ2v) is 9.13. The van der Waals surface area contributed by atoms with Crippen molar-refractivity contribution >= 4 is 40.7 Å². The number of rotatable bonds is 6. The monoisotopic (exact) mass is 505 g/mol. The topological polar surface area (TPSA) is 64.5 Å². The summed E-state index contributed by atoms with van der Waals surface area (Å²) in [7, 11) is 1.52. The molecule has 0 radical (unpaired) electrons. The van der Waals surface area contributed by atoms with Gasteiger partial charge in [-0.25, -0.2) is 9.97 Å². The summed E-state index contributed by atoms with van der Waals surface area (Å²) in [5.41, 5.74) is 1.51. The van der Waals surface area contributed by atoms with Crippen molar-refractivity contribution in [2.24, 2.45) is 5.92 Å². The van der Waals surface area contributed by atoms with Crippen LogP contribution in [0.4, 0.5) is 0 Å². The van der Waals surface area contributed by atoms with Gasteiger partial charge in [0.25, 0.3) is 5.91 Å². The molecule has 0 unspecified atom stereocenters. The summed E-state index contributed by atoms with van der Waals surface area (Å²) in [4.78, 5) is 23.5. The first-order valence-electron chi connectivity index (χ1n) is 10.4. The van der Waals surface area contributed by atoms with Crippen LogP contribution in [0.3, 0.4) is 0 Å². The molecule has 1 saturated heterocycles. The second kappa shape index (κ2) is 10.2. The van der Waals surface area contributed by atoms with Crippen molar-refractivity contribution in [2.75, 3.05) is 20.2 Å². The number of carbonyl (C=O) groups is 1. The van der Waals surface area contributed by atoms with Crippen LogP contribution in [0.25, 0.3) is 0 Å². The lowest BCUT2D eigenvalue weighted by Crippen LogP contribution is -2.32. The Kier molecular flexibility index (Phi) is 7.27. The molecule has 3 heterocycles. The predicted octanol–water partition coefficient (Wildman–Crippen LogP) is 5.77. The molecule has 1 fully saturated rings. The lowest BCUT2D eigenvalue weighted by Gasteiger charge is -2.25. The average Bonchev–Trinajstić information content (AvgIpc) is 3.27. The molecule has 0 aliphatic carbocycles. The Morgan fingerprint density at radius 2 is 1.85 bits per heavy atom. The Bertz CT molecular complexity index is 1140. The van der Waals surface area contributed by atoms with Crippen LogP contribution in [0.2, 0.25) is 15.1 Å². The zero-order valence-corrected chi connectivity index (χ0v) is 20.3. The van der Waals surface area contributed by atoms with Gasteiger partial charge in [-0.15, -0.1) is 0 Å². The summed E-state index contributed by atoms with van der Waals surface area (Å²) in [6.45, 7) is 2.99. The van der Waals surface area contributed by atoms with E-state index in [1.807, 2.05) is 24.0 Å². The van der Waals surface area contributed by atoms with E-state index in [2.05, 4.69) is 9.97 Å². The van der Waals surface area contributed by atoms with Gasteiger partial charge in [-0.05, 0) is 36.8 Å². The quantitative estimate of drug-likeness (QED) is 0.425. The van der Waals surface area contributed by atoms with Gasteiger partial charge >= 0.3 is 0 Å². The maximum atomic E-state index is 13.3. The summed E-state index contributed by atoms with van der Waals surface area (Å²) < 4.78 is 11.3. The summed E-state index contributed by atoms with van der Waals surface area (Å²) in [6, 6.07) is 12.4. The fourth-order valence-corrected chi connectivity index (χ4v) is 4.53. The van der Waals surface area contributed by atoms with Crippen LogP contribution >= 0.6 is 34.8 Å². The fraction of sp³-hybridized carbons (Fsp3) is 0.292. The smallest absolute Gasteiger partial charge is 0.254 e. The molecule has 33 heavy (non-hydrogen) atoms. The van der Waals surface area contributed by atoms with Crippen LogP contribution in [0.1, 0.15) is 28.8 Å². The molecule has 1 amide bonds. The second-order valence-electron chi connectivity index (χ2n) is 7.88. The van der Waals surface area contributed by atoms with E-state index in [9.17, 15) is 4.79 Å². The largest absolute Gasteiger partial charge is 0.481 e. The summed E-state index contributed by atoms with van der Waals surface area (Å²) in [5.74, 6) is 0.758. The SMILES string of the molecule is COc1cc(C(=O)N2C[C@@H]([C@H](C)Oc3ccc(Cl)cn3)[C@@H](c3ccc(Cl)c(Cl)c3)C2)ccn1. The van der Waals surface area contributed by atoms with Gasteiger partial charge in [-0.1, -0.05) is 40.9 Å². The minimum absolute atomic E-state index is 0.00486. The molecule has 4 rings (SSSR count). The van der Waals surface area contributed by atoms with Gasteiger partial charge in [0.05, 0.1) is 22.2 Å². The molecule has 0 bridgehead atoms. The number of amides is 1. The maximum absolute atomic E-state index is 13.3. The van der Waals surface area contributed by atoms with Crippen LogP contribution in [0.5, 0.6) is 11.8 Å². The molecule has 6 nitrogen and oxygen atoms in total. The summed E-state index contributed by atoms with van der Waals surface area (Å²) in [5, 5.41) is 1.50. The van der Waals surface area contributed by atoms with Gasteiger partial charge in [0, 0.05) is 55.0 Å². The van der Waals surface area contributed by atoms with E-state index in [1.165, 1.54) is 7.11 Å². The number of benzene rings is 1. The number of hydrogen-bond donors (Lipinski definition) is 0. The van der Waals surface area contributed by atoms with E-state index in [0.29, 0.717) is 45.5 Å². The van der Waals surface area contributed by atoms with Crippen LogP contribution in [-0.4, -0.2) is 47.1 Å². The third-order valence-corrected chi connectivity index (χ3v) is 6.79. The number of carbonyl (C=O) groups excluding carboxylic acids is 1. The Hall–Kier alpha value is -2.54. The Balaban J connectivity index is 1.61. The molecular formula is C24H22Cl3N3O3. The highest BCUT2D eigenvalue weighted by Crippen LogP contribution is 2.38. The van der Waals surface area contributed by atoms with Crippen molar-refractivity contribution in [3.63, 3.8) is 0 Å². The highest BCUT2D eigenvalue weighted by Gasteiger charge is 2.40. The molecular weight excluding hydrogens is 485 g/mol. The highest BCUT2D eigenvalue weighted by atomic mass is 35.5. The van der Waals surface area contributed by atoms with Crippen molar-refractivity contribution in [1.29, 1.82) is 0 Å². The highest BCUT2D eigenvalue weighted by molar-refractivity contribution is 6.42. The van der Waals surface area contributed by atoms with Gasteiger partial charge in [0.2, 0.25) is 11.8 Å². The molecule has 172 valence electrons. The maximum Gasteiger partial charge on any atom is 0.254 e. The zero-order valence-electron chi connectivity index (χ0n) is 18.0. The van der Waals surface area contributed by atoms with Gasteiger partial charge in [0.1, 0.15) is 6.10 Å². The fourth-order valence-electron chi connectivity index (χ4n) is 4.11. The van der Waals surface area contributed by atoms with Crippen LogP contribution < -0.4 is 9.47 Å². The van der Waals surface area contributed by atoms with Crippen LogP contribution in [0, 0.1) is 5.92 Å². The van der Waals surface area contributed by atoms with E-state index in [1.54, 1.807) is 42.7 Å². The first-order chi connectivity index (χ1) is 15.9. The van der Waals surface area contributed by atoms with E-state index < -0.39 is 0 Å². The van der Waals surface area contributed by atoms with Gasteiger partial charge in [0.15, 0.2) is 0 Å². The zero-order chi connectivity index (χ0) is 23.5. The number of pyridine rings is 2. The summed E-state index contributed by atoms with van der Waals surface area (Å²) in [6.07, 6.45) is 2.87. The molecule has 2 aromatic heterocycles. The third kappa shape index (κ3) is 5.35. The molecule has 0 N–H and O–H groups in total. The first kappa shape index (κ1) is 23.6. The molecule has 0 saturated carbocycles. The predicted molar refractivity (Wildman–Crippen MR) is 129 cm³/mol. The first-order valence-corrected chi connectivity index (χ1v) is 11.5. The molecule has 1 aromatic carbocycles. The third-order valence-electron chi connectivity index (χ3n) is 5.82. The van der Waals surface area contributed by atoms with Gasteiger partial charge in [-0.3, -0.25) is 4.79 Å². The van der Waals surface area contributed by atoms with Crippen molar-refractivity contribution < 1.29 is 14.3 Å². The Morgan fingerprint density at radius 1 is 1.03 bits per heavy atom. The van der Waals surface area contributed by atoms with Crippen LogP contribution in [0.15, 0.2) is 54.9 Å². The molecule has 3 atom stereocenters. The Morgan fingerprint density at radius 3 is 2.55 bits per heavy atom. The molecule has 1 aliphatic heterocycles. The average molecular weight is 507 g/mol. The van der Waals surface area contributed by atoms with Gasteiger partial charge in [-0.2, -0.15) is 0 Å². The van der Waals surface area contributed by atoms with Crippen molar-refractivity contribution in [1.82, 2.24) is 14.9 Å². The van der Waals surface area contributed by atoms with Gasteiger partial charge < -0.3 is 14.4 Å². The Labute approximate surface area is 207 Å². The van der Waals surface area contributed by atoms with Crippen LogP contribution in [-0.2, 0) is 0 Å². The number of aromatic nitrogens is 2. The van der Waals surface area contributed by atoms with E-state index in [0.717, 1.165) is 5.56 Å². The summed E-state index contributed by atoms with van der Waals surface area (Å²) >= 11 is 18.4. The van der Waals surface area contributed by atoms with Crippen molar-refractivity contribution in [2.45, 2.75) is 18.9 Å². The molecule has 0 spiro atoms. The lowest BCUT2D eigenvalue weighted by atomic mass is 9.86. The lowest BCUT2D eigenvalue weighted by molar-refractivity contribution is 0.0769. The molecule has 3 aromatic rings. The minimum atomic E-state index is -0.233. The molecule has 9 heteroatoms. The normalized spacial score (nSPS) is 18.8. The minimum Gasteiger partial charge on any atom is -0.481 e. The van der Waals surface area contributed by atoms with E-state index in [4.69, 9.17) is 44.3 Å². The number of ether oxygens (including phenoxy) is 2. The number of hydrogen-bond acceptors (Lipinski definition) is 5.